The van der Waals surface area contributed by atoms with Gasteiger partial charge in [-0.2, -0.15) is 0 Å². The van der Waals surface area contributed by atoms with Crippen molar-refractivity contribution >= 4 is 78.4 Å². The number of aromatic nitrogens is 2. The number of benzene rings is 8. The summed E-state index contributed by atoms with van der Waals surface area (Å²) in [6.45, 7) is 20.8. The summed E-state index contributed by atoms with van der Waals surface area (Å²) in [6.07, 6.45) is 0. The summed E-state index contributed by atoms with van der Waals surface area (Å²) in [5.41, 5.74) is 24.6. The van der Waals surface area contributed by atoms with E-state index in [0.717, 1.165) is 0 Å². The predicted octanol–water partition coefficient (Wildman–Crippen LogP) is 14.8. The molecule has 0 amide bonds. The van der Waals surface area contributed by atoms with Crippen molar-refractivity contribution in [2.75, 3.05) is 4.90 Å². The lowest BCUT2D eigenvalue weighted by atomic mass is 9.44. The Bertz CT molecular complexity index is 3650. The lowest BCUT2D eigenvalue weighted by Gasteiger charge is -2.44. The number of nitrogens with zero attached hydrogens (tertiary/aromatic N) is 3. The van der Waals surface area contributed by atoms with Crippen LogP contribution in [0.4, 0.5) is 17.1 Å². The minimum absolute atomic E-state index is 0.0345. The SMILES string of the molecule is CC(C)(C)c1ccc(-c2ccc3c(c2)c2cc(-c4ccc(C(C)(C)C)cc4)cc4c2n3B2c3ccc5c6ccccc6n6c5c3N(c3ccccc3-6)c3cc(C(C)(C)C)cc-4c32)cc1. The molecule has 0 saturated carbocycles. The molecule has 0 radical (unpaired) electrons. The number of hydrogen-bond donors (Lipinski definition) is 0. The van der Waals surface area contributed by atoms with Crippen molar-refractivity contribution in [2.45, 2.75) is 78.6 Å². The third kappa shape index (κ3) is 5.06. The molecule has 2 aromatic heterocycles. The zero-order chi connectivity index (χ0) is 43.8. The quantitative estimate of drug-likeness (QED) is 0.158. The van der Waals surface area contributed by atoms with E-state index in [1.54, 1.807) is 0 Å². The molecule has 0 atom stereocenters. The van der Waals surface area contributed by atoms with E-state index in [2.05, 4.69) is 228 Å². The highest BCUT2D eigenvalue weighted by Gasteiger charge is 2.46. The Hall–Kier alpha value is -6.78. The van der Waals surface area contributed by atoms with Crippen molar-refractivity contribution in [2.24, 2.45) is 0 Å². The van der Waals surface area contributed by atoms with Crippen LogP contribution in [0.15, 0.2) is 152 Å². The molecule has 13 rings (SSSR count). The maximum Gasteiger partial charge on any atom is 0.333 e. The number of anilines is 3. The summed E-state index contributed by atoms with van der Waals surface area (Å²) in [5, 5.41) is 5.19. The molecule has 5 heterocycles. The van der Waals surface area contributed by atoms with Crippen molar-refractivity contribution < 1.29 is 0 Å². The number of hydrogen-bond acceptors (Lipinski definition) is 1. The zero-order valence-corrected chi connectivity index (χ0v) is 38.4. The van der Waals surface area contributed by atoms with Gasteiger partial charge in [-0.1, -0.05) is 165 Å². The Morgan fingerprint density at radius 3 is 1.69 bits per heavy atom. The average molecular weight is 826 g/mol. The molecular formula is C60H52BN3. The first-order valence-corrected chi connectivity index (χ1v) is 23.1. The second kappa shape index (κ2) is 12.5. The van der Waals surface area contributed by atoms with Crippen LogP contribution >= 0.6 is 0 Å². The number of fused-ring (bicyclic) bond motifs is 13. The molecule has 3 aliphatic heterocycles. The second-order valence-corrected chi connectivity index (χ2v) is 21.9. The van der Waals surface area contributed by atoms with Crippen LogP contribution in [-0.2, 0) is 16.2 Å². The second-order valence-electron chi connectivity index (χ2n) is 21.9. The molecule has 0 saturated heterocycles. The van der Waals surface area contributed by atoms with E-state index in [1.165, 1.54) is 127 Å². The molecule has 0 bridgehead atoms. The first-order valence-electron chi connectivity index (χ1n) is 23.1. The van der Waals surface area contributed by atoms with Crippen LogP contribution in [0.3, 0.4) is 0 Å². The maximum atomic E-state index is 2.73. The molecule has 8 aromatic carbocycles. The third-order valence-electron chi connectivity index (χ3n) is 14.9. The standard InChI is InChI=1S/C60H52BN3/c1-58(2,3)39-23-18-35(19-24-39)37-22-29-50-44(30-37)46-31-38(36-20-25-40(26-21-36)59(4,5)6)32-47-45-33-41(60(7,8)9)34-53-54(45)61(64(50)55(46)47)48-28-27-43-42-14-10-11-15-49(42)62-51-16-12-13-17-52(51)63(53)57(48)56(43)62/h10-34H,1-9H3. The van der Waals surface area contributed by atoms with Gasteiger partial charge in [0.25, 0.3) is 0 Å². The topological polar surface area (TPSA) is 13.1 Å². The molecule has 0 fully saturated rings. The predicted molar refractivity (Wildman–Crippen MR) is 275 cm³/mol. The zero-order valence-electron chi connectivity index (χ0n) is 38.4. The average Bonchev–Trinajstić information content (AvgIpc) is 3.80. The first kappa shape index (κ1) is 37.8. The van der Waals surface area contributed by atoms with Gasteiger partial charge in [0, 0.05) is 43.8 Å². The van der Waals surface area contributed by atoms with Crippen molar-refractivity contribution in [1.82, 2.24) is 9.05 Å². The number of rotatable bonds is 2. The van der Waals surface area contributed by atoms with Crippen molar-refractivity contribution in [3.8, 4) is 39.1 Å². The lowest BCUT2D eigenvalue weighted by Crippen LogP contribution is -2.57. The highest BCUT2D eigenvalue weighted by Crippen LogP contribution is 2.54. The van der Waals surface area contributed by atoms with Crippen LogP contribution in [0.5, 0.6) is 0 Å². The van der Waals surface area contributed by atoms with Crippen molar-refractivity contribution in [1.29, 1.82) is 0 Å². The Labute approximate surface area is 376 Å². The molecule has 3 nitrogen and oxygen atoms in total. The van der Waals surface area contributed by atoms with Crippen LogP contribution in [0.25, 0.3) is 82.7 Å². The van der Waals surface area contributed by atoms with Crippen LogP contribution in [0, 0.1) is 0 Å². The lowest BCUT2D eigenvalue weighted by molar-refractivity contribution is 0.590. The Balaban J connectivity index is 1.17. The van der Waals surface area contributed by atoms with Gasteiger partial charge in [-0.3, -0.25) is 0 Å². The summed E-state index contributed by atoms with van der Waals surface area (Å²) in [6, 6.07) is 58.8. The number of para-hydroxylation sites is 3. The summed E-state index contributed by atoms with van der Waals surface area (Å²) in [5.74, 6) is 0. The van der Waals surface area contributed by atoms with E-state index in [9.17, 15) is 0 Å². The van der Waals surface area contributed by atoms with E-state index < -0.39 is 0 Å². The largest absolute Gasteiger partial charge is 0.375 e. The molecule has 310 valence electrons. The normalized spacial score (nSPS) is 14.0. The monoisotopic (exact) mass is 825 g/mol. The molecule has 0 aliphatic carbocycles. The summed E-state index contributed by atoms with van der Waals surface area (Å²) in [7, 11) is 0. The minimum atomic E-state index is -0.0847. The molecule has 4 heteroatoms. The maximum absolute atomic E-state index is 2.73. The van der Waals surface area contributed by atoms with Gasteiger partial charge in [-0.15, -0.1) is 0 Å². The van der Waals surface area contributed by atoms with Crippen molar-refractivity contribution in [3.05, 3.63) is 168 Å². The fourth-order valence-corrected chi connectivity index (χ4v) is 11.5. The van der Waals surface area contributed by atoms with Gasteiger partial charge in [-0.25, -0.2) is 0 Å². The van der Waals surface area contributed by atoms with Gasteiger partial charge >= 0.3 is 6.85 Å². The van der Waals surface area contributed by atoms with Gasteiger partial charge < -0.3 is 13.9 Å². The highest BCUT2D eigenvalue weighted by molar-refractivity contribution is 6.90. The molecular weight excluding hydrogens is 773 g/mol. The Morgan fingerprint density at radius 2 is 1.00 bits per heavy atom. The van der Waals surface area contributed by atoms with Gasteiger partial charge in [0.2, 0.25) is 0 Å². The molecule has 0 unspecified atom stereocenters. The van der Waals surface area contributed by atoms with Gasteiger partial charge in [0.15, 0.2) is 0 Å². The van der Waals surface area contributed by atoms with Crippen LogP contribution in [0.1, 0.15) is 79.0 Å². The molecule has 0 spiro atoms. The van der Waals surface area contributed by atoms with Crippen LogP contribution in [0.2, 0.25) is 0 Å². The fourth-order valence-electron chi connectivity index (χ4n) is 11.5. The third-order valence-corrected chi connectivity index (χ3v) is 14.9. The Kier molecular flexibility index (Phi) is 7.36. The van der Waals surface area contributed by atoms with E-state index in [1.807, 2.05) is 0 Å². The summed E-state index contributed by atoms with van der Waals surface area (Å²) < 4.78 is 5.27. The van der Waals surface area contributed by atoms with Crippen LogP contribution < -0.4 is 15.8 Å². The fraction of sp³-hybridized carbons (Fsp3) is 0.200. The van der Waals surface area contributed by atoms with Gasteiger partial charge in [-0.05, 0) is 120 Å². The van der Waals surface area contributed by atoms with Crippen LogP contribution in [-0.4, -0.2) is 15.9 Å². The van der Waals surface area contributed by atoms with Gasteiger partial charge in [0.1, 0.15) is 0 Å². The molecule has 0 N–H and O–H groups in total. The molecule has 3 aliphatic rings. The molecule has 64 heavy (non-hydrogen) atoms. The Morgan fingerprint density at radius 1 is 0.391 bits per heavy atom. The first-order chi connectivity index (χ1) is 30.6. The van der Waals surface area contributed by atoms with E-state index >= 15 is 0 Å². The summed E-state index contributed by atoms with van der Waals surface area (Å²) >= 11 is 0. The summed E-state index contributed by atoms with van der Waals surface area (Å²) in [4.78, 5) is 2.64. The molecule has 10 aromatic rings. The minimum Gasteiger partial charge on any atom is -0.375 e. The van der Waals surface area contributed by atoms with E-state index in [0.29, 0.717) is 0 Å². The highest BCUT2D eigenvalue weighted by atomic mass is 15.2. The van der Waals surface area contributed by atoms with Crippen molar-refractivity contribution in [3.63, 3.8) is 0 Å². The van der Waals surface area contributed by atoms with E-state index in [-0.39, 0.29) is 23.1 Å². The van der Waals surface area contributed by atoms with Gasteiger partial charge in [0.05, 0.1) is 28.1 Å². The van der Waals surface area contributed by atoms with E-state index in [4.69, 9.17) is 0 Å². The smallest absolute Gasteiger partial charge is 0.333 e.